The largest absolute Gasteiger partial charge is 0.341 e. The molecule has 0 aliphatic carbocycles. The monoisotopic (exact) mass is 380 g/mol. The fourth-order valence-corrected chi connectivity index (χ4v) is 3.11. The lowest BCUT2D eigenvalue weighted by Crippen LogP contribution is -2.88. The Labute approximate surface area is 156 Å². The summed E-state index contributed by atoms with van der Waals surface area (Å²) in [5, 5.41) is 7.67. The molecule has 0 fully saturated rings. The molecular weight excluding hydrogens is 361 g/mol. The van der Waals surface area contributed by atoms with Crippen LogP contribution in [0.4, 0.5) is 4.79 Å². The number of nitrogens with one attached hydrogen (secondary N) is 2. The Morgan fingerprint density at radius 1 is 1.08 bits per heavy atom. The van der Waals surface area contributed by atoms with Crippen LogP contribution < -0.4 is 16.0 Å². The standard InChI is InChI=1S/C18H19Cl2N3O2/c1-11(14-9-8-13(19)10-15(14)20)22-16(12-6-4-3-5-7-12)17(24)23-18(25)21-2/h3-11,16,22H,1-2H3,(H2,21,23,24,25)/p+1/t11-,16+/m1/s1. The lowest BCUT2D eigenvalue weighted by molar-refractivity contribution is -0.719. The van der Waals surface area contributed by atoms with Crippen LogP contribution in [0.15, 0.2) is 48.5 Å². The number of hydrogen-bond acceptors (Lipinski definition) is 2. The van der Waals surface area contributed by atoms with Gasteiger partial charge in [0.15, 0.2) is 6.04 Å². The van der Waals surface area contributed by atoms with Crippen LogP contribution in [0.5, 0.6) is 0 Å². The normalized spacial score (nSPS) is 13.0. The molecule has 2 aromatic rings. The number of carbonyl (C=O) groups excluding carboxylic acids is 2. The van der Waals surface area contributed by atoms with Crippen LogP contribution in [0.25, 0.3) is 0 Å². The molecule has 0 heterocycles. The molecule has 2 atom stereocenters. The minimum atomic E-state index is -0.597. The van der Waals surface area contributed by atoms with E-state index in [1.807, 2.05) is 48.6 Å². The fourth-order valence-electron chi connectivity index (χ4n) is 2.53. The van der Waals surface area contributed by atoms with E-state index < -0.39 is 18.0 Å². The van der Waals surface area contributed by atoms with E-state index in [4.69, 9.17) is 23.2 Å². The van der Waals surface area contributed by atoms with Crippen LogP contribution >= 0.6 is 23.2 Å². The van der Waals surface area contributed by atoms with Crippen molar-refractivity contribution >= 4 is 35.1 Å². The molecule has 0 spiro atoms. The van der Waals surface area contributed by atoms with Crippen LogP contribution in [0, 0.1) is 0 Å². The van der Waals surface area contributed by atoms with Gasteiger partial charge in [0.1, 0.15) is 6.04 Å². The average molecular weight is 381 g/mol. The Kier molecular flexibility index (Phi) is 6.82. The summed E-state index contributed by atoms with van der Waals surface area (Å²) in [6, 6.07) is 13.3. The molecule has 2 aromatic carbocycles. The molecule has 4 N–H and O–H groups in total. The number of halogens is 2. The zero-order valence-electron chi connectivity index (χ0n) is 13.9. The minimum Gasteiger partial charge on any atom is -0.341 e. The van der Waals surface area contributed by atoms with Crippen molar-refractivity contribution in [3.63, 3.8) is 0 Å². The number of hydrogen-bond donors (Lipinski definition) is 3. The van der Waals surface area contributed by atoms with Gasteiger partial charge in [0.05, 0.1) is 5.02 Å². The molecule has 0 aliphatic heterocycles. The lowest BCUT2D eigenvalue weighted by Gasteiger charge is -2.20. The number of urea groups is 1. The molecule has 3 amide bonds. The van der Waals surface area contributed by atoms with E-state index in [1.54, 1.807) is 12.1 Å². The Bertz CT molecular complexity index is 753. The molecule has 0 radical (unpaired) electrons. The van der Waals surface area contributed by atoms with Gasteiger partial charge in [0.25, 0.3) is 5.91 Å². The van der Waals surface area contributed by atoms with E-state index in [9.17, 15) is 9.59 Å². The number of carbonyl (C=O) groups is 2. The summed E-state index contributed by atoms with van der Waals surface area (Å²) in [6.07, 6.45) is 0. The summed E-state index contributed by atoms with van der Waals surface area (Å²) >= 11 is 12.2. The van der Waals surface area contributed by atoms with Crippen molar-refractivity contribution in [2.45, 2.75) is 19.0 Å². The SMILES string of the molecule is CNC(=O)NC(=O)[C@@H]([NH2+][C@H](C)c1ccc(Cl)cc1Cl)c1ccccc1. The number of quaternary nitrogens is 1. The Balaban J connectivity index is 2.26. The van der Waals surface area contributed by atoms with Crippen LogP contribution in [0.3, 0.4) is 0 Å². The summed E-state index contributed by atoms with van der Waals surface area (Å²) in [6.45, 7) is 1.94. The molecular formula is C18H20Cl2N3O2+. The van der Waals surface area contributed by atoms with Gasteiger partial charge in [-0.2, -0.15) is 0 Å². The second-order valence-corrected chi connectivity index (χ2v) is 6.45. The van der Waals surface area contributed by atoms with Gasteiger partial charge in [-0.05, 0) is 19.1 Å². The Morgan fingerprint density at radius 3 is 2.36 bits per heavy atom. The van der Waals surface area contributed by atoms with Gasteiger partial charge in [-0.3, -0.25) is 10.1 Å². The average Bonchev–Trinajstić information content (AvgIpc) is 2.59. The molecule has 5 nitrogen and oxygen atoms in total. The predicted molar refractivity (Wildman–Crippen MR) is 98.6 cm³/mol. The Morgan fingerprint density at radius 2 is 1.76 bits per heavy atom. The second-order valence-electron chi connectivity index (χ2n) is 5.60. The molecule has 0 saturated carbocycles. The Hall–Kier alpha value is -2.08. The topological polar surface area (TPSA) is 74.8 Å². The molecule has 0 unspecified atom stereocenters. The number of nitrogens with two attached hydrogens (primary N) is 1. The van der Waals surface area contributed by atoms with Crippen LogP contribution in [0.1, 0.15) is 30.1 Å². The highest BCUT2D eigenvalue weighted by Crippen LogP contribution is 2.25. The highest BCUT2D eigenvalue weighted by atomic mass is 35.5. The lowest BCUT2D eigenvalue weighted by atomic mass is 10.0. The smallest absolute Gasteiger partial charge is 0.321 e. The maximum absolute atomic E-state index is 12.6. The van der Waals surface area contributed by atoms with Crippen molar-refractivity contribution in [3.05, 3.63) is 69.7 Å². The van der Waals surface area contributed by atoms with Gasteiger partial charge < -0.3 is 10.6 Å². The van der Waals surface area contributed by atoms with E-state index in [1.165, 1.54) is 7.05 Å². The van der Waals surface area contributed by atoms with E-state index in [0.717, 1.165) is 11.1 Å². The van der Waals surface area contributed by atoms with E-state index >= 15 is 0 Å². The molecule has 7 heteroatoms. The number of amides is 3. The van der Waals surface area contributed by atoms with Crippen molar-refractivity contribution in [1.29, 1.82) is 0 Å². The van der Waals surface area contributed by atoms with E-state index in [2.05, 4.69) is 10.6 Å². The third-order valence-electron chi connectivity index (χ3n) is 3.84. The van der Waals surface area contributed by atoms with E-state index in [-0.39, 0.29) is 6.04 Å². The van der Waals surface area contributed by atoms with Gasteiger partial charge in [-0.25, -0.2) is 4.79 Å². The highest BCUT2D eigenvalue weighted by Gasteiger charge is 2.28. The van der Waals surface area contributed by atoms with Gasteiger partial charge >= 0.3 is 6.03 Å². The fraction of sp³-hybridized carbons (Fsp3) is 0.222. The minimum absolute atomic E-state index is 0.120. The summed E-state index contributed by atoms with van der Waals surface area (Å²) in [5.41, 5.74) is 1.65. The summed E-state index contributed by atoms with van der Waals surface area (Å²) in [7, 11) is 1.46. The predicted octanol–water partition coefficient (Wildman–Crippen LogP) is 2.81. The molecule has 0 saturated heterocycles. The highest BCUT2D eigenvalue weighted by molar-refractivity contribution is 6.35. The molecule has 25 heavy (non-hydrogen) atoms. The van der Waals surface area contributed by atoms with Crippen LogP contribution in [0.2, 0.25) is 10.0 Å². The van der Waals surface area contributed by atoms with Crippen LogP contribution in [-0.2, 0) is 4.79 Å². The maximum Gasteiger partial charge on any atom is 0.321 e. The van der Waals surface area contributed by atoms with Gasteiger partial charge in [0.2, 0.25) is 0 Å². The second kappa shape index (κ2) is 8.85. The van der Waals surface area contributed by atoms with E-state index in [0.29, 0.717) is 10.0 Å². The number of imide groups is 1. The van der Waals surface area contributed by atoms with Gasteiger partial charge in [0, 0.05) is 23.2 Å². The molecule has 0 aliphatic rings. The van der Waals surface area contributed by atoms with Crippen molar-refractivity contribution in [2.75, 3.05) is 7.05 Å². The van der Waals surface area contributed by atoms with Crippen molar-refractivity contribution in [2.24, 2.45) is 0 Å². The number of benzene rings is 2. The van der Waals surface area contributed by atoms with Crippen molar-refractivity contribution in [3.8, 4) is 0 Å². The zero-order chi connectivity index (χ0) is 18.4. The molecule has 0 aromatic heterocycles. The first-order chi connectivity index (χ1) is 11.9. The van der Waals surface area contributed by atoms with Crippen molar-refractivity contribution in [1.82, 2.24) is 10.6 Å². The van der Waals surface area contributed by atoms with Crippen molar-refractivity contribution < 1.29 is 14.9 Å². The third kappa shape index (κ3) is 5.19. The zero-order valence-corrected chi connectivity index (χ0v) is 15.4. The molecule has 132 valence electrons. The first kappa shape index (κ1) is 19.2. The summed E-state index contributed by atoms with van der Waals surface area (Å²) in [4.78, 5) is 24.1. The summed E-state index contributed by atoms with van der Waals surface area (Å²) < 4.78 is 0. The first-order valence-electron chi connectivity index (χ1n) is 7.79. The maximum atomic E-state index is 12.6. The quantitative estimate of drug-likeness (QED) is 0.745. The molecule has 0 bridgehead atoms. The third-order valence-corrected chi connectivity index (χ3v) is 4.40. The van der Waals surface area contributed by atoms with Gasteiger partial charge in [-0.1, -0.05) is 59.6 Å². The van der Waals surface area contributed by atoms with Gasteiger partial charge in [-0.15, -0.1) is 0 Å². The summed E-state index contributed by atoms with van der Waals surface area (Å²) in [5.74, 6) is -0.400. The number of rotatable bonds is 5. The molecule has 2 rings (SSSR count). The van der Waals surface area contributed by atoms with Crippen LogP contribution in [-0.4, -0.2) is 19.0 Å². The first-order valence-corrected chi connectivity index (χ1v) is 8.55.